The molecule has 1 heterocycles. The Morgan fingerprint density at radius 2 is 2.47 bits per heavy atom. The van der Waals surface area contributed by atoms with E-state index in [1.54, 1.807) is 6.26 Å². The van der Waals surface area contributed by atoms with E-state index >= 15 is 0 Å². The molecule has 1 aromatic rings. The molecule has 0 radical (unpaired) electrons. The molecule has 3 N–H and O–H groups in total. The Hall–Kier alpha value is -1.29. The van der Waals surface area contributed by atoms with Crippen LogP contribution in [0.4, 0.5) is 0 Å². The highest BCUT2D eigenvalue weighted by atomic mass is 16.3. The standard InChI is InChI=1S/C11H16N2O2/c1-8(9-3-2-6-15-9)13-10(14)11(7-12)4-5-11/h2-3,6,8H,4-5,7,12H2,1H3,(H,13,14). The van der Waals surface area contributed by atoms with Gasteiger partial charge in [0.2, 0.25) is 5.91 Å². The van der Waals surface area contributed by atoms with Crippen LogP contribution < -0.4 is 11.1 Å². The average molecular weight is 208 g/mol. The monoisotopic (exact) mass is 208 g/mol. The fraction of sp³-hybridized carbons (Fsp3) is 0.545. The molecule has 1 fully saturated rings. The molecule has 0 saturated heterocycles. The summed E-state index contributed by atoms with van der Waals surface area (Å²) in [5, 5.41) is 2.92. The van der Waals surface area contributed by atoms with Gasteiger partial charge in [0.15, 0.2) is 0 Å². The Labute approximate surface area is 88.8 Å². The molecule has 1 aromatic heterocycles. The maximum absolute atomic E-state index is 11.8. The van der Waals surface area contributed by atoms with Crippen LogP contribution in [0, 0.1) is 5.41 Å². The van der Waals surface area contributed by atoms with E-state index in [1.807, 2.05) is 19.1 Å². The Kier molecular flexibility index (Phi) is 2.52. The minimum Gasteiger partial charge on any atom is -0.467 e. The largest absolute Gasteiger partial charge is 0.467 e. The van der Waals surface area contributed by atoms with Crippen LogP contribution >= 0.6 is 0 Å². The van der Waals surface area contributed by atoms with Crippen molar-refractivity contribution in [3.8, 4) is 0 Å². The number of carbonyl (C=O) groups excluding carboxylic acids is 1. The van der Waals surface area contributed by atoms with Crippen molar-refractivity contribution in [2.75, 3.05) is 6.54 Å². The molecule has 1 aliphatic rings. The van der Waals surface area contributed by atoms with E-state index in [2.05, 4.69) is 5.32 Å². The summed E-state index contributed by atoms with van der Waals surface area (Å²) in [5.41, 5.74) is 5.29. The molecule has 1 aliphatic carbocycles. The number of nitrogens with two attached hydrogens (primary N) is 1. The Bertz CT molecular complexity index is 341. The summed E-state index contributed by atoms with van der Waals surface area (Å²) in [4.78, 5) is 11.8. The summed E-state index contributed by atoms with van der Waals surface area (Å²) in [6.07, 6.45) is 3.41. The van der Waals surface area contributed by atoms with Crippen LogP contribution in [0.15, 0.2) is 22.8 Å². The number of nitrogens with one attached hydrogen (secondary N) is 1. The first-order valence-electron chi connectivity index (χ1n) is 5.22. The Morgan fingerprint density at radius 3 is 2.93 bits per heavy atom. The first-order chi connectivity index (χ1) is 7.18. The molecule has 1 unspecified atom stereocenters. The zero-order valence-electron chi connectivity index (χ0n) is 8.82. The summed E-state index contributed by atoms with van der Waals surface area (Å²) in [5.74, 6) is 0.824. The van der Waals surface area contributed by atoms with Gasteiger partial charge in [-0.25, -0.2) is 0 Å². The SMILES string of the molecule is CC(NC(=O)C1(CN)CC1)c1ccco1. The van der Waals surface area contributed by atoms with Crippen LogP contribution in [-0.2, 0) is 4.79 Å². The van der Waals surface area contributed by atoms with Gasteiger partial charge in [0, 0.05) is 6.54 Å². The zero-order chi connectivity index (χ0) is 10.9. The molecule has 2 rings (SSSR count). The van der Waals surface area contributed by atoms with Crippen molar-refractivity contribution in [1.82, 2.24) is 5.32 Å². The van der Waals surface area contributed by atoms with Gasteiger partial charge in [0.05, 0.1) is 17.7 Å². The third kappa shape index (κ3) is 1.90. The first kappa shape index (κ1) is 10.2. The van der Waals surface area contributed by atoms with Crippen molar-refractivity contribution in [1.29, 1.82) is 0 Å². The average Bonchev–Trinajstić information content (AvgIpc) is 2.84. The molecule has 1 atom stereocenters. The van der Waals surface area contributed by atoms with Crippen LogP contribution in [0.3, 0.4) is 0 Å². The summed E-state index contributed by atoms with van der Waals surface area (Å²) < 4.78 is 5.22. The summed E-state index contributed by atoms with van der Waals surface area (Å²) >= 11 is 0. The second-order valence-corrected chi connectivity index (χ2v) is 4.20. The molecule has 0 bridgehead atoms. The number of hydrogen-bond donors (Lipinski definition) is 2. The lowest BCUT2D eigenvalue weighted by Gasteiger charge is -2.16. The molecule has 0 aliphatic heterocycles. The van der Waals surface area contributed by atoms with Gasteiger partial charge in [-0.2, -0.15) is 0 Å². The minimum atomic E-state index is -0.291. The summed E-state index contributed by atoms with van der Waals surface area (Å²) in [7, 11) is 0. The normalized spacial score (nSPS) is 19.6. The van der Waals surface area contributed by atoms with Crippen molar-refractivity contribution < 1.29 is 9.21 Å². The number of hydrogen-bond acceptors (Lipinski definition) is 3. The van der Waals surface area contributed by atoms with Gasteiger partial charge < -0.3 is 15.5 Å². The van der Waals surface area contributed by atoms with Gasteiger partial charge in [-0.15, -0.1) is 0 Å². The van der Waals surface area contributed by atoms with Crippen molar-refractivity contribution in [3.63, 3.8) is 0 Å². The Balaban J connectivity index is 1.95. The predicted octanol–water partition coefficient (Wildman–Crippen LogP) is 1.20. The second kappa shape index (κ2) is 3.70. The van der Waals surface area contributed by atoms with E-state index < -0.39 is 0 Å². The highest BCUT2D eigenvalue weighted by Gasteiger charge is 2.48. The van der Waals surface area contributed by atoms with Crippen molar-refractivity contribution >= 4 is 5.91 Å². The van der Waals surface area contributed by atoms with Gasteiger partial charge in [-0.05, 0) is 31.9 Å². The molecular formula is C11H16N2O2. The van der Waals surface area contributed by atoms with Gasteiger partial charge in [0.25, 0.3) is 0 Å². The Morgan fingerprint density at radius 1 is 1.73 bits per heavy atom. The van der Waals surface area contributed by atoms with Crippen molar-refractivity contribution in [2.24, 2.45) is 11.1 Å². The fourth-order valence-electron chi connectivity index (χ4n) is 1.63. The fourth-order valence-corrected chi connectivity index (χ4v) is 1.63. The smallest absolute Gasteiger partial charge is 0.228 e. The van der Waals surface area contributed by atoms with Crippen molar-refractivity contribution in [3.05, 3.63) is 24.2 Å². The van der Waals surface area contributed by atoms with Crippen LogP contribution in [0.5, 0.6) is 0 Å². The van der Waals surface area contributed by atoms with Crippen LogP contribution in [-0.4, -0.2) is 12.5 Å². The van der Waals surface area contributed by atoms with Crippen LogP contribution in [0.1, 0.15) is 31.6 Å². The lowest BCUT2D eigenvalue weighted by Crippen LogP contribution is -2.37. The highest BCUT2D eigenvalue weighted by Crippen LogP contribution is 2.45. The van der Waals surface area contributed by atoms with Gasteiger partial charge >= 0.3 is 0 Å². The molecule has 4 heteroatoms. The van der Waals surface area contributed by atoms with E-state index in [9.17, 15) is 4.79 Å². The van der Waals surface area contributed by atoms with Crippen LogP contribution in [0.2, 0.25) is 0 Å². The molecule has 82 valence electrons. The van der Waals surface area contributed by atoms with Crippen LogP contribution in [0.25, 0.3) is 0 Å². The molecule has 4 nitrogen and oxygen atoms in total. The zero-order valence-corrected chi connectivity index (χ0v) is 8.82. The van der Waals surface area contributed by atoms with Gasteiger partial charge in [-0.3, -0.25) is 4.79 Å². The predicted molar refractivity (Wildman–Crippen MR) is 56.0 cm³/mol. The topological polar surface area (TPSA) is 68.3 Å². The first-order valence-corrected chi connectivity index (χ1v) is 5.22. The number of furan rings is 1. The van der Waals surface area contributed by atoms with Gasteiger partial charge in [-0.1, -0.05) is 0 Å². The molecule has 1 saturated carbocycles. The van der Waals surface area contributed by atoms with Gasteiger partial charge in [0.1, 0.15) is 5.76 Å². The maximum atomic E-state index is 11.8. The minimum absolute atomic E-state index is 0.0499. The molecular weight excluding hydrogens is 192 g/mol. The van der Waals surface area contributed by atoms with E-state index in [-0.39, 0.29) is 17.4 Å². The number of rotatable bonds is 4. The molecule has 15 heavy (non-hydrogen) atoms. The third-order valence-corrected chi connectivity index (χ3v) is 3.04. The van der Waals surface area contributed by atoms with Crippen molar-refractivity contribution in [2.45, 2.75) is 25.8 Å². The highest BCUT2D eigenvalue weighted by molar-refractivity contribution is 5.85. The maximum Gasteiger partial charge on any atom is 0.228 e. The molecule has 0 spiro atoms. The van der Waals surface area contributed by atoms with E-state index in [4.69, 9.17) is 10.2 Å². The third-order valence-electron chi connectivity index (χ3n) is 3.04. The van der Waals surface area contributed by atoms with E-state index in [1.165, 1.54) is 0 Å². The molecule has 0 aromatic carbocycles. The lowest BCUT2D eigenvalue weighted by molar-refractivity contribution is -0.126. The molecule has 1 amide bonds. The quantitative estimate of drug-likeness (QED) is 0.781. The lowest BCUT2D eigenvalue weighted by atomic mass is 10.1. The summed E-state index contributed by atoms with van der Waals surface area (Å²) in [6, 6.07) is 3.58. The number of carbonyl (C=O) groups is 1. The second-order valence-electron chi connectivity index (χ2n) is 4.20. The number of amides is 1. The van der Waals surface area contributed by atoms with E-state index in [0.717, 1.165) is 18.6 Å². The van der Waals surface area contributed by atoms with E-state index in [0.29, 0.717) is 6.54 Å². The summed E-state index contributed by atoms with van der Waals surface area (Å²) in [6.45, 7) is 2.34.